The van der Waals surface area contributed by atoms with E-state index >= 15 is 0 Å². The summed E-state index contributed by atoms with van der Waals surface area (Å²) in [6, 6.07) is 26.6. The fourth-order valence-corrected chi connectivity index (χ4v) is 6.76. The van der Waals surface area contributed by atoms with Crippen LogP contribution in [0, 0.1) is 6.92 Å². The molecule has 0 aliphatic rings. The fraction of sp³-hybridized carbons (Fsp3) is 0.257. The Bertz CT molecular complexity index is 1780. The smallest absolute Gasteiger partial charge is 0.264 e. The molecule has 7 nitrogen and oxygen atoms in total. The molecule has 0 unspecified atom stereocenters. The molecule has 1 N–H and O–H groups in total. The van der Waals surface area contributed by atoms with Gasteiger partial charge in [-0.25, -0.2) is 8.42 Å². The van der Waals surface area contributed by atoms with E-state index in [1.54, 1.807) is 12.1 Å². The molecule has 1 atom stereocenters. The highest BCUT2D eigenvalue weighted by atomic mass is 79.9. The van der Waals surface area contributed by atoms with Gasteiger partial charge in [0, 0.05) is 23.0 Å². The van der Waals surface area contributed by atoms with E-state index in [0.717, 1.165) is 25.5 Å². The summed E-state index contributed by atoms with van der Waals surface area (Å²) in [5, 5.41) is 3.40. The standard InChI is InChI=1S/C35H36BrCl2N3O4S/c1-24-10-17-29(18-11-24)46(44,45)41(28-16-19-30(37)31(38)21-28)23-33(42)40(22-26-12-14-27(36)15-13-26)32(34(43)39-35(2,3)4)20-25-8-6-5-7-9-25/h5-19,21,32H,20,22-23H2,1-4H3,(H,39,43)/t32-/m1/s1. The molecule has 0 fully saturated rings. The summed E-state index contributed by atoms with van der Waals surface area (Å²) in [6.07, 6.45) is 0.211. The van der Waals surface area contributed by atoms with E-state index in [0.29, 0.717) is 0 Å². The summed E-state index contributed by atoms with van der Waals surface area (Å²) in [5.74, 6) is -0.932. The number of carbonyl (C=O) groups is 2. The Hall–Kier alpha value is -3.37. The predicted octanol–water partition coefficient (Wildman–Crippen LogP) is 7.81. The Morgan fingerprint density at radius 1 is 0.848 bits per heavy atom. The van der Waals surface area contributed by atoms with Crippen LogP contribution in [0.3, 0.4) is 0 Å². The minimum Gasteiger partial charge on any atom is -0.350 e. The van der Waals surface area contributed by atoms with E-state index in [9.17, 15) is 18.0 Å². The van der Waals surface area contributed by atoms with Crippen LogP contribution in [-0.4, -0.2) is 43.3 Å². The van der Waals surface area contributed by atoms with Crippen LogP contribution >= 0.6 is 39.1 Å². The zero-order chi connectivity index (χ0) is 33.6. The van der Waals surface area contributed by atoms with Gasteiger partial charge < -0.3 is 10.2 Å². The third-order valence-electron chi connectivity index (χ3n) is 7.11. The fourth-order valence-electron chi connectivity index (χ4n) is 4.80. The zero-order valence-corrected chi connectivity index (χ0v) is 29.9. The highest BCUT2D eigenvalue weighted by molar-refractivity contribution is 9.10. The first-order valence-corrected chi connectivity index (χ1v) is 17.6. The first-order valence-electron chi connectivity index (χ1n) is 14.6. The average Bonchev–Trinajstić information content (AvgIpc) is 2.99. The number of anilines is 1. The largest absolute Gasteiger partial charge is 0.350 e. The normalized spacial score (nSPS) is 12.3. The topological polar surface area (TPSA) is 86.8 Å². The Morgan fingerprint density at radius 2 is 1.48 bits per heavy atom. The lowest BCUT2D eigenvalue weighted by Crippen LogP contribution is -2.56. The van der Waals surface area contributed by atoms with Crippen molar-refractivity contribution in [1.29, 1.82) is 0 Å². The van der Waals surface area contributed by atoms with Crippen molar-refractivity contribution >= 4 is 66.7 Å². The van der Waals surface area contributed by atoms with Crippen LogP contribution in [0.2, 0.25) is 10.0 Å². The van der Waals surface area contributed by atoms with Crippen molar-refractivity contribution in [1.82, 2.24) is 10.2 Å². The first-order chi connectivity index (χ1) is 21.6. The van der Waals surface area contributed by atoms with Crippen LogP contribution in [0.4, 0.5) is 5.69 Å². The van der Waals surface area contributed by atoms with Crippen LogP contribution in [-0.2, 0) is 32.6 Å². The van der Waals surface area contributed by atoms with Gasteiger partial charge in [0.2, 0.25) is 11.8 Å². The van der Waals surface area contributed by atoms with E-state index < -0.39 is 34.1 Å². The second-order valence-corrected chi connectivity index (χ2v) is 15.6. The Balaban J connectivity index is 1.83. The number of rotatable bonds is 11. The quantitative estimate of drug-likeness (QED) is 0.170. The molecular formula is C35H36BrCl2N3O4S. The molecule has 11 heteroatoms. The maximum Gasteiger partial charge on any atom is 0.264 e. The van der Waals surface area contributed by atoms with Gasteiger partial charge in [-0.15, -0.1) is 0 Å². The van der Waals surface area contributed by atoms with Crippen LogP contribution in [0.25, 0.3) is 0 Å². The number of hydrogen-bond acceptors (Lipinski definition) is 4. The number of sulfonamides is 1. The van der Waals surface area contributed by atoms with E-state index in [1.165, 1.54) is 35.2 Å². The molecule has 0 bridgehead atoms. The van der Waals surface area contributed by atoms with E-state index in [4.69, 9.17) is 23.2 Å². The number of carbonyl (C=O) groups excluding carboxylic acids is 2. The molecule has 4 rings (SSSR count). The molecule has 4 aromatic carbocycles. The third kappa shape index (κ3) is 9.35. The number of amides is 2. The molecule has 0 saturated heterocycles. The monoisotopic (exact) mass is 743 g/mol. The maximum atomic E-state index is 14.6. The van der Waals surface area contributed by atoms with Crippen molar-refractivity contribution in [3.8, 4) is 0 Å². The number of nitrogens with one attached hydrogen (secondary N) is 1. The summed E-state index contributed by atoms with van der Waals surface area (Å²) in [5.41, 5.74) is 2.06. The number of nitrogens with zero attached hydrogens (tertiary/aromatic N) is 2. The minimum absolute atomic E-state index is 0.00254. The summed E-state index contributed by atoms with van der Waals surface area (Å²) < 4.78 is 30.2. The lowest BCUT2D eigenvalue weighted by molar-refractivity contribution is -0.140. The van der Waals surface area contributed by atoms with Crippen molar-refractivity contribution in [2.45, 2.75) is 57.1 Å². The second kappa shape index (κ2) is 15.0. The van der Waals surface area contributed by atoms with Crippen molar-refractivity contribution in [3.05, 3.63) is 128 Å². The van der Waals surface area contributed by atoms with Gasteiger partial charge in [0.15, 0.2) is 0 Å². The van der Waals surface area contributed by atoms with Crippen molar-refractivity contribution < 1.29 is 18.0 Å². The average molecular weight is 746 g/mol. The molecule has 242 valence electrons. The number of halogens is 3. The predicted molar refractivity (Wildman–Crippen MR) is 189 cm³/mol. The highest BCUT2D eigenvalue weighted by Crippen LogP contribution is 2.31. The molecule has 0 heterocycles. The molecule has 0 aliphatic carbocycles. The second-order valence-electron chi connectivity index (χ2n) is 12.0. The first kappa shape index (κ1) is 35.5. The van der Waals surface area contributed by atoms with Gasteiger partial charge in [-0.3, -0.25) is 13.9 Å². The number of benzene rings is 4. The summed E-state index contributed by atoms with van der Waals surface area (Å²) in [6.45, 7) is 6.91. The van der Waals surface area contributed by atoms with Gasteiger partial charge in [-0.2, -0.15) is 0 Å². The molecule has 0 aromatic heterocycles. The van der Waals surface area contributed by atoms with Crippen molar-refractivity contribution in [3.63, 3.8) is 0 Å². The molecular weight excluding hydrogens is 709 g/mol. The zero-order valence-electron chi connectivity index (χ0n) is 26.0. The van der Waals surface area contributed by atoms with Crippen LogP contribution in [0.1, 0.15) is 37.5 Å². The van der Waals surface area contributed by atoms with E-state index in [1.807, 2.05) is 82.3 Å². The molecule has 4 aromatic rings. The third-order valence-corrected chi connectivity index (χ3v) is 10.2. The number of aryl methyl sites for hydroxylation is 1. The van der Waals surface area contributed by atoms with E-state index in [-0.39, 0.29) is 39.5 Å². The number of hydrogen-bond donors (Lipinski definition) is 1. The van der Waals surface area contributed by atoms with Gasteiger partial charge in [0.25, 0.3) is 10.0 Å². The van der Waals surface area contributed by atoms with Crippen LogP contribution in [0.15, 0.2) is 106 Å². The molecule has 0 aliphatic heterocycles. The Morgan fingerprint density at radius 3 is 2.07 bits per heavy atom. The van der Waals surface area contributed by atoms with Gasteiger partial charge >= 0.3 is 0 Å². The maximum absolute atomic E-state index is 14.6. The van der Waals surface area contributed by atoms with E-state index in [2.05, 4.69) is 21.2 Å². The van der Waals surface area contributed by atoms with Gasteiger partial charge in [0.05, 0.1) is 20.6 Å². The Kier molecular flexibility index (Phi) is 11.6. The summed E-state index contributed by atoms with van der Waals surface area (Å²) >= 11 is 16.0. The minimum atomic E-state index is -4.26. The molecule has 2 amide bonds. The molecule has 0 spiro atoms. The Labute approximate surface area is 289 Å². The summed E-state index contributed by atoms with van der Waals surface area (Å²) in [4.78, 5) is 30.0. The SMILES string of the molecule is Cc1ccc(S(=O)(=O)N(CC(=O)N(Cc2ccc(Br)cc2)[C@H](Cc2ccccc2)C(=O)NC(C)(C)C)c2ccc(Cl)c(Cl)c2)cc1. The lowest BCUT2D eigenvalue weighted by atomic mass is 10.0. The van der Waals surface area contributed by atoms with Gasteiger partial charge in [-0.1, -0.05) is 99.3 Å². The van der Waals surface area contributed by atoms with Crippen LogP contribution < -0.4 is 9.62 Å². The highest BCUT2D eigenvalue weighted by Gasteiger charge is 2.35. The van der Waals surface area contributed by atoms with Crippen molar-refractivity contribution in [2.24, 2.45) is 0 Å². The molecule has 0 saturated carbocycles. The van der Waals surface area contributed by atoms with Gasteiger partial charge in [0.1, 0.15) is 12.6 Å². The van der Waals surface area contributed by atoms with Crippen LogP contribution in [0.5, 0.6) is 0 Å². The van der Waals surface area contributed by atoms with Gasteiger partial charge in [-0.05, 0) is 81.3 Å². The molecule has 46 heavy (non-hydrogen) atoms. The lowest BCUT2D eigenvalue weighted by Gasteiger charge is -2.35. The summed E-state index contributed by atoms with van der Waals surface area (Å²) in [7, 11) is -4.26. The van der Waals surface area contributed by atoms with Crippen molar-refractivity contribution in [2.75, 3.05) is 10.8 Å². The molecule has 0 radical (unpaired) electrons.